The van der Waals surface area contributed by atoms with E-state index in [1.807, 2.05) is 38.1 Å². The molecule has 1 amide bonds. The molecule has 0 aliphatic carbocycles. The van der Waals surface area contributed by atoms with Crippen LogP contribution in [0, 0.1) is 6.92 Å². The zero-order chi connectivity index (χ0) is 18.9. The second-order valence-corrected chi connectivity index (χ2v) is 6.70. The van der Waals surface area contributed by atoms with Crippen LogP contribution in [0.1, 0.15) is 44.8 Å². The molecule has 26 heavy (non-hydrogen) atoms. The summed E-state index contributed by atoms with van der Waals surface area (Å²) in [6.07, 6.45) is 0.737. The smallest absolute Gasteiger partial charge is 0.357 e. The van der Waals surface area contributed by atoms with Gasteiger partial charge in [-0.05, 0) is 32.4 Å². The summed E-state index contributed by atoms with van der Waals surface area (Å²) in [5, 5.41) is 2.35. The zero-order valence-electron chi connectivity index (χ0n) is 15.4. The van der Waals surface area contributed by atoms with Crippen molar-refractivity contribution < 1.29 is 19.1 Å². The van der Waals surface area contributed by atoms with Crippen molar-refractivity contribution in [1.29, 1.82) is 0 Å². The van der Waals surface area contributed by atoms with E-state index in [0.29, 0.717) is 36.9 Å². The topological polar surface area (TPSA) is 68.7 Å². The van der Waals surface area contributed by atoms with Gasteiger partial charge in [0.2, 0.25) is 0 Å². The normalized spacial score (nSPS) is 10.6. The summed E-state index contributed by atoms with van der Waals surface area (Å²) < 4.78 is 10.1. The number of aromatic nitrogens is 1. The molecular formula is C19H24N2O4S. The highest BCUT2D eigenvalue weighted by molar-refractivity contribution is 7.09. The van der Waals surface area contributed by atoms with Gasteiger partial charge in [-0.3, -0.25) is 4.79 Å². The van der Waals surface area contributed by atoms with Crippen molar-refractivity contribution in [3.05, 3.63) is 51.5 Å². The molecule has 6 nitrogen and oxygen atoms in total. The van der Waals surface area contributed by atoms with Crippen LogP contribution in [0.25, 0.3) is 0 Å². The average molecular weight is 376 g/mol. The molecule has 140 valence electrons. The van der Waals surface area contributed by atoms with Crippen molar-refractivity contribution in [1.82, 2.24) is 9.88 Å². The molecule has 0 spiro atoms. The minimum absolute atomic E-state index is 0.0590. The van der Waals surface area contributed by atoms with Crippen molar-refractivity contribution >= 4 is 23.2 Å². The van der Waals surface area contributed by atoms with Crippen LogP contribution in [0.2, 0.25) is 0 Å². The second kappa shape index (κ2) is 10.0. The summed E-state index contributed by atoms with van der Waals surface area (Å²) in [6, 6.07) is 7.50. The molecule has 0 N–H and O–H groups in total. The Hall–Kier alpha value is -2.25. The van der Waals surface area contributed by atoms with Gasteiger partial charge < -0.3 is 14.4 Å². The number of amides is 1. The lowest BCUT2D eigenvalue weighted by atomic mass is 10.1. The number of hydrogen-bond acceptors (Lipinski definition) is 6. The quantitative estimate of drug-likeness (QED) is 0.496. The lowest BCUT2D eigenvalue weighted by Gasteiger charge is -2.22. The number of hydrogen-bond donors (Lipinski definition) is 0. The Bertz CT molecular complexity index is 727. The number of esters is 1. The second-order valence-electron chi connectivity index (χ2n) is 5.76. The highest BCUT2D eigenvalue weighted by Crippen LogP contribution is 2.16. The molecule has 2 rings (SSSR count). The Labute approximate surface area is 157 Å². The maximum atomic E-state index is 12.9. The first-order valence-corrected chi connectivity index (χ1v) is 9.39. The summed E-state index contributed by atoms with van der Waals surface area (Å²) in [6.45, 7) is 6.08. The molecule has 0 unspecified atom stereocenters. The Morgan fingerprint density at radius 3 is 2.62 bits per heavy atom. The van der Waals surface area contributed by atoms with Crippen LogP contribution in [0.3, 0.4) is 0 Å². The fraction of sp³-hybridized carbons (Fsp3) is 0.421. The number of carbonyl (C=O) groups excluding carboxylic acids is 2. The summed E-state index contributed by atoms with van der Waals surface area (Å²) in [5.41, 5.74) is 2.01. The van der Waals surface area contributed by atoms with E-state index < -0.39 is 5.97 Å². The lowest BCUT2D eigenvalue weighted by Crippen LogP contribution is -2.32. The van der Waals surface area contributed by atoms with Gasteiger partial charge in [-0.2, -0.15) is 0 Å². The molecule has 0 saturated carbocycles. The van der Waals surface area contributed by atoms with Crippen LogP contribution in [0.5, 0.6) is 0 Å². The summed E-state index contributed by atoms with van der Waals surface area (Å²) >= 11 is 1.34. The SMILES string of the molecule is CCOCCCN(Cc1nc(C(=O)OC)cs1)C(=O)c1ccc(C)cc1. The maximum Gasteiger partial charge on any atom is 0.357 e. The van der Waals surface area contributed by atoms with Crippen LogP contribution in [0.15, 0.2) is 29.6 Å². The van der Waals surface area contributed by atoms with Gasteiger partial charge >= 0.3 is 5.97 Å². The van der Waals surface area contributed by atoms with Crippen molar-refractivity contribution in [2.24, 2.45) is 0 Å². The van der Waals surface area contributed by atoms with E-state index in [0.717, 1.165) is 12.0 Å². The number of ether oxygens (including phenoxy) is 2. The summed E-state index contributed by atoms with van der Waals surface area (Å²) in [7, 11) is 1.32. The van der Waals surface area contributed by atoms with Crippen molar-refractivity contribution in [2.75, 3.05) is 26.9 Å². The van der Waals surface area contributed by atoms with Crippen molar-refractivity contribution in [3.63, 3.8) is 0 Å². The number of aryl methyl sites for hydroxylation is 1. The van der Waals surface area contributed by atoms with E-state index in [1.54, 1.807) is 10.3 Å². The first kappa shape index (κ1) is 20.1. The molecule has 0 saturated heterocycles. The molecule has 2 aromatic rings. The number of thiazole rings is 1. The average Bonchev–Trinajstić information content (AvgIpc) is 3.12. The predicted molar refractivity (Wildman–Crippen MR) is 100 cm³/mol. The van der Waals surface area contributed by atoms with Gasteiger partial charge in [0.1, 0.15) is 5.01 Å². The molecule has 0 fully saturated rings. The van der Waals surface area contributed by atoms with Crippen LogP contribution < -0.4 is 0 Å². The molecule has 0 bridgehead atoms. The molecule has 0 aliphatic heterocycles. The molecule has 1 aromatic heterocycles. The largest absolute Gasteiger partial charge is 0.464 e. The summed E-state index contributed by atoms with van der Waals surface area (Å²) in [5.74, 6) is -0.531. The predicted octanol–water partition coefficient (Wildman–Crippen LogP) is 3.31. The van der Waals surface area contributed by atoms with E-state index in [4.69, 9.17) is 4.74 Å². The standard InChI is InChI=1S/C19H24N2O4S/c1-4-25-11-5-10-21(18(22)15-8-6-14(2)7-9-15)12-17-20-16(13-26-17)19(23)24-3/h6-9,13H,4-5,10-12H2,1-3H3. The van der Waals surface area contributed by atoms with E-state index in [1.165, 1.54) is 18.4 Å². The third-order valence-electron chi connectivity index (χ3n) is 3.78. The van der Waals surface area contributed by atoms with Gasteiger partial charge in [0.25, 0.3) is 5.91 Å². The van der Waals surface area contributed by atoms with E-state index in [2.05, 4.69) is 9.72 Å². The minimum atomic E-state index is -0.472. The van der Waals surface area contributed by atoms with Gasteiger partial charge in [-0.25, -0.2) is 9.78 Å². The Morgan fingerprint density at radius 1 is 1.23 bits per heavy atom. The molecule has 0 radical (unpaired) electrons. The highest BCUT2D eigenvalue weighted by Gasteiger charge is 2.19. The van der Waals surface area contributed by atoms with Crippen LogP contribution >= 0.6 is 11.3 Å². The third kappa shape index (κ3) is 5.64. The van der Waals surface area contributed by atoms with Crippen molar-refractivity contribution in [3.8, 4) is 0 Å². The molecule has 7 heteroatoms. The fourth-order valence-corrected chi connectivity index (χ4v) is 3.16. The van der Waals surface area contributed by atoms with Gasteiger partial charge in [0, 0.05) is 30.7 Å². The van der Waals surface area contributed by atoms with E-state index in [-0.39, 0.29) is 11.6 Å². The minimum Gasteiger partial charge on any atom is -0.464 e. The first-order chi connectivity index (χ1) is 12.5. The van der Waals surface area contributed by atoms with E-state index >= 15 is 0 Å². The maximum absolute atomic E-state index is 12.9. The Balaban J connectivity index is 2.11. The van der Waals surface area contributed by atoms with Crippen LogP contribution in [-0.2, 0) is 16.0 Å². The molecule has 0 atom stereocenters. The zero-order valence-corrected chi connectivity index (χ0v) is 16.2. The molecular weight excluding hydrogens is 352 g/mol. The fourth-order valence-electron chi connectivity index (χ4n) is 2.38. The molecule has 1 aromatic carbocycles. The van der Waals surface area contributed by atoms with Gasteiger partial charge in [-0.1, -0.05) is 17.7 Å². The Morgan fingerprint density at radius 2 is 1.96 bits per heavy atom. The van der Waals surface area contributed by atoms with Crippen LogP contribution in [-0.4, -0.2) is 48.6 Å². The van der Waals surface area contributed by atoms with E-state index in [9.17, 15) is 9.59 Å². The lowest BCUT2D eigenvalue weighted by molar-refractivity contribution is 0.0594. The van der Waals surface area contributed by atoms with Gasteiger partial charge in [0.15, 0.2) is 5.69 Å². The number of benzene rings is 1. The number of methoxy groups -OCH3 is 1. The number of rotatable bonds is 9. The van der Waals surface area contributed by atoms with Gasteiger partial charge in [0.05, 0.1) is 13.7 Å². The number of carbonyl (C=O) groups is 2. The third-order valence-corrected chi connectivity index (χ3v) is 4.61. The number of nitrogens with zero attached hydrogens (tertiary/aromatic N) is 2. The monoisotopic (exact) mass is 376 g/mol. The molecule has 1 heterocycles. The van der Waals surface area contributed by atoms with Gasteiger partial charge in [-0.15, -0.1) is 11.3 Å². The first-order valence-electron chi connectivity index (χ1n) is 8.51. The Kier molecular flexibility index (Phi) is 7.74. The van der Waals surface area contributed by atoms with Crippen LogP contribution in [0.4, 0.5) is 0 Å². The summed E-state index contributed by atoms with van der Waals surface area (Å²) in [4.78, 5) is 30.5. The van der Waals surface area contributed by atoms with Crippen molar-refractivity contribution in [2.45, 2.75) is 26.8 Å². The highest BCUT2D eigenvalue weighted by atomic mass is 32.1. The molecule has 0 aliphatic rings.